The highest BCUT2D eigenvalue weighted by Crippen LogP contribution is 2.65. The minimum absolute atomic E-state index is 0.0287. The Labute approximate surface area is 201 Å². The van der Waals surface area contributed by atoms with E-state index in [0.717, 1.165) is 35.7 Å². The first kappa shape index (κ1) is 23.3. The molecule has 188 valence electrons. The molecule has 9 heteroatoms. The van der Waals surface area contributed by atoms with Crippen LogP contribution < -0.4 is 0 Å². The number of pyridine rings is 2. The quantitative estimate of drug-likeness (QED) is 0.617. The van der Waals surface area contributed by atoms with Gasteiger partial charge in [0.25, 0.3) is 0 Å². The number of hydrogen-bond donors (Lipinski definition) is 2. The third-order valence-corrected chi connectivity index (χ3v) is 8.28. The molecule has 2 N–H and O–H groups in total. The molecule has 2 aliphatic heterocycles. The Morgan fingerprint density at radius 2 is 1.77 bits per heavy atom. The number of ether oxygens (including phenoxy) is 2. The molecule has 2 aromatic heterocycles. The van der Waals surface area contributed by atoms with Gasteiger partial charge in [-0.05, 0) is 36.8 Å². The summed E-state index contributed by atoms with van der Waals surface area (Å²) in [6.07, 6.45) is -2.24. The van der Waals surface area contributed by atoms with E-state index < -0.39 is 35.8 Å². The summed E-state index contributed by atoms with van der Waals surface area (Å²) in [5.41, 5.74) is 2.02. The maximum Gasteiger partial charge on any atom is 0.433 e. The molecular weight excluding hydrogens is 461 g/mol. The number of nitrogens with zero attached hydrogens (tertiary/aromatic N) is 2. The molecule has 2 aliphatic carbocycles. The Kier molecular flexibility index (Phi) is 5.14. The number of hydrogen-bond acceptors (Lipinski definition) is 6. The summed E-state index contributed by atoms with van der Waals surface area (Å²) in [5, 5.41) is 22.7. The number of fused-ring (bicyclic) bond motifs is 4. The zero-order valence-electron chi connectivity index (χ0n) is 19.7. The van der Waals surface area contributed by atoms with Crippen LogP contribution in [0, 0.1) is 5.41 Å². The van der Waals surface area contributed by atoms with Crippen molar-refractivity contribution in [1.82, 2.24) is 9.97 Å². The van der Waals surface area contributed by atoms with Crippen LogP contribution in [0.2, 0.25) is 0 Å². The van der Waals surface area contributed by atoms with Gasteiger partial charge < -0.3 is 19.7 Å². The van der Waals surface area contributed by atoms with Gasteiger partial charge in [-0.15, -0.1) is 0 Å². The second-order valence-corrected chi connectivity index (χ2v) is 10.8. The van der Waals surface area contributed by atoms with E-state index in [0.29, 0.717) is 49.3 Å². The number of alkyl halides is 3. The van der Waals surface area contributed by atoms with Crippen LogP contribution in [0.5, 0.6) is 0 Å². The lowest BCUT2D eigenvalue weighted by Gasteiger charge is -2.40. The lowest BCUT2D eigenvalue weighted by molar-refractivity contribution is -0.141. The molecule has 0 amide bonds. The first-order valence-corrected chi connectivity index (χ1v) is 12.3. The van der Waals surface area contributed by atoms with Crippen molar-refractivity contribution in [3.8, 4) is 0 Å². The van der Waals surface area contributed by atoms with Crippen molar-refractivity contribution < 1.29 is 32.9 Å². The molecule has 0 aromatic carbocycles. The SMILES string of the molecule is CC(C)c1nc2c(c3c1[C@@H](c1ccc(C(F)(F)F)nc1)OC31CCOCC1)C(O)CC1(CC1)[C@H]2O. The van der Waals surface area contributed by atoms with Crippen LogP contribution in [-0.4, -0.2) is 33.4 Å². The molecule has 6 nitrogen and oxygen atoms in total. The van der Waals surface area contributed by atoms with Crippen LogP contribution in [0.1, 0.15) is 110 Å². The smallest absolute Gasteiger partial charge is 0.388 e. The monoisotopic (exact) mass is 490 g/mol. The number of aliphatic hydroxyl groups is 2. The number of aromatic nitrogens is 2. The summed E-state index contributed by atoms with van der Waals surface area (Å²) in [6.45, 7) is 4.94. The summed E-state index contributed by atoms with van der Waals surface area (Å²) in [6, 6.07) is 2.39. The highest BCUT2D eigenvalue weighted by atomic mass is 19.4. The fraction of sp³-hybridized carbons (Fsp3) is 0.615. The van der Waals surface area contributed by atoms with Gasteiger partial charge in [0, 0.05) is 60.1 Å². The largest absolute Gasteiger partial charge is 0.433 e. The highest BCUT2D eigenvalue weighted by molar-refractivity contribution is 5.55. The molecular formula is C26H29F3N2O4. The lowest BCUT2D eigenvalue weighted by Crippen LogP contribution is -2.37. The van der Waals surface area contributed by atoms with Crippen molar-refractivity contribution in [3.63, 3.8) is 0 Å². The van der Waals surface area contributed by atoms with Gasteiger partial charge in [0.1, 0.15) is 17.9 Å². The minimum Gasteiger partial charge on any atom is -0.388 e. The first-order chi connectivity index (χ1) is 16.6. The van der Waals surface area contributed by atoms with Gasteiger partial charge in [0.2, 0.25) is 0 Å². The van der Waals surface area contributed by atoms with Crippen LogP contribution in [0.4, 0.5) is 13.2 Å². The molecule has 6 rings (SSSR count). The predicted octanol–water partition coefficient (Wildman–Crippen LogP) is 4.99. The standard InChI is InChI=1S/C26H29F3N2O4/c1-13(2)20-18-19(17-15(32)11-24(5-6-24)23(33)21(17)31-20)25(7-9-34-10-8-25)35-22(18)14-3-4-16(30-12-14)26(27,28)29/h3-4,12-13,15,22-23,32-33H,5-11H2,1-2H3/t15?,22-,23+/m1/s1. The Hall–Kier alpha value is -2.07. The van der Waals surface area contributed by atoms with Gasteiger partial charge in [0.15, 0.2) is 0 Å². The van der Waals surface area contributed by atoms with Gasteiger partial charge in [0.05, 0.1) is 17.4 Å². The van der Waals surface area contributed by atoms with Crippen LogP contribution in [-0.2, 0) is 21.3 Å². The molecule has 4 aliphatic rings. The summed E-state index contributed by atoms with van der Waals surface area (Å²) in [7, 11) is 0. The van der Waals surface area contributed by atoms with Crippen LogP contribution in [0.25, 0.3) is 0 Å². The first-order valence-electron chi connectivity index (χ1n) is 12.3. The van der Waals surface area contributed by atoms with Gasteiger partial charge in [-0.25, -0.2) is 0 Å². The predicted molar refractivity (Wildman–Crippen MR) is 118 cm³/mol. The number of aliphatic hydroxyl groups excluding tert-OH is 2. The Bertz CT molecular complexity index is 1150. The lowest BCUT2D eigenvalue weighted by atomic mass is 9.72. The van der Waals surface area contributed by atoms with Crippen molar-refractivity contribution in [2.45, 2.75) is 82.0 Å². The van der Waals surface area contributed by atoms with Crippen LogP contribution >= 0.6 is 0 Å². The van der Waals surface area contributed by atoms with E-state index in [1.807, 2.05) is 13.8 Å². The zero-order chi connectivity index (χ0) is 24.8. The van der Waals surface area contributed by atoms with E-state index in [1.165, 1.54) is 12.3 Å². The molecule has 1 saturated heterocycles. The van der Waals surface area contributed by atoms with Gasteiger partial charge >= 0.3 is 6.18 Å². The summed E-state index contributed by atoms with van der Waals surface area (Å²) in [5.74, 6) is -0.0287. The van der Waals surface area contributed by atoms with Crippen LogP contribution in [0.15, 0.2) is 18.3 Å². The maximum atomic E-state index is 13.2. The highest BCUT2D eigenvalue weighted by Gasteiger charge is 2.59. The van der Waals surface area contributed by atoms with E-state index in [-0.39, 0.29) is 11.3 Å². The average Bonchev–Trinajstić information content (AvgIpc) is 3.53. The summed E-state index contributed by atoms with van der Waals surface area (Å²) in [4.78, 5) is 8.62. The summed E-state index contributed by atoms with van der Waals surface area (Å²) < 4.78 is 51.9. The van der Waals surface area contributed by atoms with Crippen LogP contribution in [0.3, 0.4) is 0 Å². The molecule has 1 unspecified atom stereocenters. The molecule has 2 fully saturated rings. The van der Waals surface area contributed by atoms with Crippen molar-refractivity contribution >= 4 is 0 Å². The molecule has 0 radical (unpaired) electrons. The van der Waals surface area contributed by atoms with E-state index in [1.54, 1.807) is 0 Å². The van der Waals surface area contributed by atoms with Gasteiger partial charge in [-0.3, -0.25) is 9.97 Å². The molecule has 4 heterocycles. The van der Waals surface area contributed by atoms with Crippen molar-refractivity contribution in [2.24, 2.45) is 5.41 Å². The summed E-state index contributed by atoms with van der Waals surface area (Å²) >= 11 is 0. The van der Waals surface area contributed by atoms with E-state index >= 15 is 0 Å². The van der Waals surface area contributed by atoms with Gasteiger partial charge in [-0.1, -0.05) is 19.9 Å². The number of halogens is 3. The second-order valence-electron chi connectivity index (χ2n) is 10.8. The Morgan fingerprint density at radius 3 is 2.34 bits per heavy atom. The zero-order valence-corrected chi connectivity index (χ0v) is 19.7. The minimum atomic E-state index is -4.53. The Balaban J connectivity index is 1.58. The number of rotatable bonds is 2. The third kappa shape index (κ3) is 3.46. The van der Waals surface area contributed by atoms with Crippen molar-refractivity contribution in [2.75, 3.05) is 13.2 Å². The molecule has 3 atom stereocenters. The van der Waals surface area contributed by atoms with Crippen molar-refractivity contribution in [1.29, 1.82) is 0 Å². The Morgan fingerprint density at radius 1 is 1.06 bits per heavy atom. The normalized spacial score (nSPS) is 28.4. The topological polar surface area (TPSA) is 84.7 Å². The average molecular weight is 491 g/mol. The maximum absolute atomic E-state index is 13.2. The fourth-order valence-corrected chi connectivity index (χ4v) is 6.30. The van der Waals surface area contributed by atoms with E-state index in [2.05, 4.69) is 4.98 Å². The molecule has 1 saturated carbocycles. The van der Waals surface area contributed by atoms with E-state index in [4.69, 9.17) is 14.5 Å². The molecule has 0 bridgehead atoms. The molecule has 35 heavy (non-hydrogen) atoms. The second kappa shape index (κ2) is 7.71. The molecule has 2 spiro atoms. The third-order valence-electron chi connectivity index (χ3n) is 8.28. The van der Waals surface area contributed by atoms with Crippen molar-refractivity contribution in [3.05, 3.63) is 57.7 Å². The van der Waals surface area contributed by atoms with E-state index in [9.17, 15) is 23.4 Å². The fourth-order valence-electron chi connectivity index (χ4n) is 6.30. The molecule has 2 aromatic rings. The van der Waals surface area contributed by atoms with Gasteiger partial charge in [-0.2, -0.15) is 13.2 Å².